The van der Waals surface area contributed by atoms with Gasteiger partial charge in [0.15, 0.2) is 18.2 Å². The maximum absolute atomic E-state index is 14.7. The van der Waals surface area contributed by atoms with E-state index in [9.17, 15) is 26.7 Å². The predicted octanol–water partition coefficient (Wildman–Crippen LogP) is 4.24. The van der Waals surface area contributed by atoms with Crippen molar-refractivity contribution in [2.75, 3.05) is 11.9 Å². The molecule has 0 saturated carbocycles. The van der Waals surface area contributed by atoms with Crippen LogP contribution in [0.5, 0.6) is 5.75 Å². The predicted molar refractivity (Wildman–Crippen MR) is 107 cm³/mol. The van der Waals surface area contributed by atoms with E-state index in [-0.39, 0.29) is 23.2 Å². The van der Waals surface area contributed by atoms with Crippen molar-refractivity contribution in [1.29, 1.82) is 0 Å². The van der Waals surface area contributed by atoms with Gasteiger partial charge in [-0.15, -0.1) is 0 Å². The summed E-state index contributed by atoms with van der Waals surface area (Å²) in [6, 6.07) is 7.17. The van der Waals surface area contributed by atoms with E-state index in [0.29, 0.717) is 17.3 Å². The molecule has 2 N–H and O–H groups in total. The monoisotopic (exact) mass is 468 g/mol. The molecule has 1 amide bonds. The van der Waals surface area contributed by atoms with E-state index in [1.54, 1.807) is 0 Å². The number of alkyl halides is 3. The van der Waals surface area contributed by atoms with Crippen molar-refractivity contribution < 1.29 is 31.5 Å². The number of amides is 1. The molecule has 1 radical (unpaired) electrons. The van der Waals surface area contributed by atoms with E-state index in [0.717, 1.165) is 16.8 Å². The number of thioether (sulfide) groups is 1. The first kappa shape index (κ1) is 20.9. The van der Waals surface area contributed by atoms with Crippen LogP contribution >= 0.6 is 11.8 Å². The van der Waals surface area contributed by atoms with Gasteiger partial charge in [-0.3, -0.25) is 4.79 Å². The number of hydrogen-bond acceptors (Lipinski definition) is 6. The Morgan fingerprint density at radius 1 is 1.12 bits per heavy atom. The van der Waals surface area contributed by atoms with Crippen molar-refractivity contribution >= 4 is 28.5 Å². The molecule has 3 aliphatic rings. The fourth-order valence-electron chi connectivity index (χ4n) is 3.65. The lowest BCUT2D eigenvalue weighted by Crippen LogP contribution is -2.54. The van der Waals surface area contributed by atoms with Gasteiger partial charge in [-0.05, 0) is 47.2 Å². The standard InChI is InChI=1S/C20H13F5N4O2S/c21-11-3-1-9(2-4-11)16-18(32-19-26-7-14(20(23,24)25)29(19)28-16)10-5-12(22)17-13(6-10)27-15(30)8-31-17/h1-7,16,18,28H,8H2,(H,27,30)/q+1. The fourth-order valence-corrected chi connectivity index (χ4v) is 4.88. The van der Waals surface area contributed by atoms with Crippen molar-refractivity contribution in [1.82, 2.24) is 10.4 Å². The van der Waals surface area contributed by atoms with Gasteiger partial charge in [0.05, 0.1) is 10.9 Å². The zero-order valence-electron chi connectivity index (χ0n) is 15.9. The maximum atomic E-state index is 14.7. The first-order chi connectivity index (χ1) is 15.2. The number of rotatable bonds is 2. The topological polar surface area (TPSA) is 68.6 Å². The zero-order valence-corrected chi connectivity index (χ0v) is 16.7. The minimum absolute atomic E-state index is 0.0269. The van der Waals surface area contributed by atoms with E-state index < -0.39 is 40.7 Å². The van der Waals surface area contributed by atoms with Crippen LogP contribution in [0.15, 0.2) is 53.3 Å². The number of amidine groups is 1. The number of nitrogens with zero attached hydrogens (tertiary/aromatic N) is 2. The Hall–Kier alpha value is -2.96. The number of carbonyl (C=O) groups excluding carboxylic acids is 1. The third-order valence-corrected chi connectivity index (χ3v) is 6.37. The van der Waals surface area contributed by atoms with Crippen LogP contribution in [0, 0.1) is 11.6 Å². The molecule has 5 rings (SSSR count). The van der Waals surface area contributed by atoms with Gasteiger partial charge in [0, 0.05) is 5.01 Å². The van der Waals surface area contributed by atoms with Crippen molar-refractivity contribution in [3.05, 3.63) is 71.1 Å². The Bertz CT molecular complexity index is 1170. The van der Waals surface area contributed by atoms with Gasteiger partial charge in [-0.25, -0.2) is 8.78 Å². The molecule has 3 heterocycles. The van der Waals surface area contributed by atoms with Gasteiger partial charge < -0.3 is 10.1 Å². The molecule has 2 aromatic carbocycles. The molecule has 0 spiro atoms. The molecular formula is C20H13F5N4O2S+. The molecule has 1 saturated heterocycles. The van der Waals surface area contributed by atoms with Gasteiger partial charge in [-0.1, -0.05) is 17.6 Å². The Morgan fingerprint density at radius 3 is 2.59 bits per heavy atom. The van der Waals surface area contributed by atoms with Crippen LogP contribution in [0.1, 0.15) is 22.4 Å². The van der Waals surface area contributed by atoms with Crippen molar-refractivity contribution in [3.8, 4) is 5.75 Å². The summed E-state index contributed by atoms with van der Waals surface area (Å²) in [7, 11) is 0. The average molecular weight is 468 g/mol. The molecule has 32 heavy (non-hydrogen) atoms. The van der Waals surface area contributed by atoms with Crippen LogP contribution in [0.2, 0.25) is 0 Å². The minimum Gasteiger partial charge on any atom is -0.478 e. The third-order valence-electron chi connectivity index (χ3n) is 5.07. The number of benzene rings is 2. The van der Waals surface area contributed by atoms with Crippen molar-refractivity contribution in [2.24, 2.45) is 4.99 Å². The summed E-state index contributed by atoms with van der Waals surface area (Å²) < 4.78 is 73.6. The highest BCUT2D eigenvalue weighted by atomic mass is 32.2. The lowest BCUT2D eigenvalue weighted by molar-refractivity contribution is -0.118. The number of allylic oxidation sites excluding steroid dienone is 1. The summed E-state index contributed by atoms with van der Waals surface area (Å²) in [5.41, 5.74) is 2.78. The highest BCUT2D eigenvalue weighted by molar-refractivity contribution is 8.14. The molecule has 165 valence electrons. The quantitative estimate of drug-likeness (QED) is 0.511. The van der Waals surface area contributed by atoms with Crippen LogP contribution in [0.3, 0.4) is 0 Å². The van der Waals surface area contributed by atoms with E-state index in [4.69, 9.17) is 4.74 Å². The summed E-state index contributed by atoms with van der Waals surface area (Å²) in [4.78, 5) is 15.5. The molecule has 2 atom stereocenters. The van der Waals surface area contributed by atoms with Crippen molar-refractivity contribution in [2.45, 2.75) is 17.5 Å². The summed E-state index contributed by atoms with van der Waals surface area (Å²) in [6.07, 6.45) is -3.94. The second kappa shape index (κ2) is 7.57. The normalized spacial score (nSPS) is 23.0. The molecule has 6 nitrogen and oxygen atoms in total. The summed E-state index contributed by atoms with van der Waals surface area (Å²) in [5, 5.41) is 2.73. The minimum atomic E-state index is -4.65. The van der Waals surface area contributed by atoms with Gasteiger partial charge >= 0.3 is 17.0 Å². The number of hydrogen-bond donors (Lipinski definition) is 2. The number of anilines is 1. The second-order valence-electron chi connectivity index (χ2n) is 7.17. The van der Waals surface area contributed by atoms with Gasteiger partial charge in [0.1, 0.15) is 18.1 Å². The number of ether oxygens (including phenoxy) is 1. The molecule has 0 aliphatic carbocycles. The summed E-state index contributed by atoms with van der Waals surface area (Å²) in [5.74, 6) is -1.79. The lowest BCUT2D eigenvalue weighted by Gasteiger charge is -2.32. The maximum Gasteiger partial charge on any atom is 0.476 e. The molecule has 0 bridgehead atoms. The number of nitrogens with one attached hydrogen (secondary N) is 2. The summed E-state index contributed by atoms with van der Waals surface area (Å²) >= 11 is 0.990. The number of hydrazine groups is 1. The van der Waals surface area contributed by atoms with Gasteiger partial charge in [0.2, 0.25) is 0 Å². The Kier molecular flexibility index (Phi) is 4.95. The van der Waals surface area contributed by atoms with Crippen LogP contribution < -0.4 is 20.5 Å². The largest absolute Gasteiger partial charge is 0.478 e. The van der Waals surface area contributed by atoms with Crippen LogP contribution in [-0.4, -0.2) is 23.9 Å². The number of halogens is 5. The van der Waals surface area contributed by atoms with E-state index in [1.165, 1.54) is 36.4 Å². The fraction of sp³-hybridized carbons (Fsp3) is 0.200. The van der Waals surface area contributed by atoms with Crippen molar-refractivity contribution in [3.63, 3.8) is 0 Å². The SMILES string of the molecule is O=C1COc2c(F)cc(C3SC4=NC=C(C(F)(F)F)[N+]4NC3c3ccc(F)cc3)cc2N1. The Morgan fingerprint density at radius 2 is 1.88 bits per heavy atom. The first-order valence-corrected chi connectivity index (χ1v) is 10.2. The molecule has 3 aliphatic heterocycles. The molecular weight excluding hydrogens is 455 g/mol. The molecule has 0 aromatic heterocycles. The Labute approximate surface area is 182 Å². The molecule has 2 aromatic rings. The molecule has 12 heteroatoms. The summed E-state index contributed by atoms with van der Waals surface area (Å²) in [6.45, 7) is -0.321. The number of fused-ring (bicyclic) bond motifs is 2. The number of carbonyl (C=O) groups is 1. The van der Waals surface area contributed by atoms with Crippen LogP contribution in [0.25, 0.3) is 0 Å². The highest BCUT2D eigenvalue weighted by Gasteiger charge is 2.57. The second-order valence-corrected chi connectivity index (χ2v) is 8.28. The lowest BCUT2D eigenvalue weighted by atomic mass is 9.97. The van der Waals surface area contributed by atoms with Gasteiger partial charge in [0.25, 0.3) is 5.91 Å². The van der Waals surface area contributed by atoms with Gasteiger partial charge in [-0.2, -0.15) is 18.2 Å². The average Bonchev–Trinajstić information content (AvgIpc) is 3.16. The third kappa shape index (κ3) is 3.63. The van der Waals surface area contributed by atoms with E-state index >= 15 is 0 Å². The van der Waals surface area contributed by atoms with Crippen LogP contribution in [0.4, 0.5) is 27.6 Å². The molecule has 1 fully saturated rings. The molecule has 2 unspecified atom stereocenters. The first-order valence-electron chi connectivity index (χ1n) is 9.30. The van der Waals surface area contributed by atoms with E-state index in [1.807, 2.05) is 0 Å². The smallest absolute Gasteiger partial charge is 0.476 e. The van der Waals surface area contributed by atoms with Crippen LogP contribution in [-0.2, 0) is 4.79 Å². The number of aliphatic imine (C=N–C) groups is 1. The highest BCUT2D eigenvalue weighted by Crippen LogP contribution is 2.49. The van der Waals surface area contributed by atoms with E-state index in [2.05, 4.69) is 15.7 Å². The Balaban J connectivity index is 1.56. The zero-order chi connectivity index (χ0) is 22.6.